The number of anilines is 1. The Hall–Kier alpha value is -1.76. The lowest BCUT2D eigenvalue weighted by molar-refractivity contribution is 1.03. The fourth-order valence-electron chi connectivity index (χ4n) is 0.604. The molecule has 0 fully saturated rings. The van der Waals surface area contributed by atoms with Crippen LogP contribution < -0.4 is 16.9 Å². The number of hydrazone groups is 1. The highest BCUT2D eigenvalue weighted by atomic mass is 32.1. The van der Waals surface area contributed by atoms with Crippen LogP contribution in [-0.4, -0.2) is 21.3 Å². The number of hydrogen-bond donors (Lipinski definition) is 3. The molecule has 0 radical (unpaired) electrons. The van der Waals surface area contributed by atoms with Gasteiger partial charge in [-0.2, -0.15) is 5.10 Å². The molecule has 6 nitrogen and oxygen atoms in total. The van der Waals surface area contributed by atoms with E-state index in [0.717, 1.165) is 0 Å². The number of rotatable bonds is 2. The number of thiocarbonyl (C=S) groups is 1. The summed E-state index contributed by atoms with van der Waals surface area (Å²) in [6.45, 7) is 0. The average molecular weight is 196 g/mol. The summed E-state index contributed by atoms with van der Waals surface area (Å²) in [5.74, 6) is 0.774. The van der Waals surface area contributed by atoms with Crippen LogP contribution in [0.25, 0.3) is 0 Å². The van der Waals surface area contributed by atoms with Crippen LogP contribution in [0.15, 0.2) is 17.4 Å². The maximum Gasteiger partial charge on any atom is 0.184 e. The zero-order valence-electron chi connectivity index (χ0n) is 6.64. The quantitative estimate of drug-likeness (QED) is 0.326. The van der Waals surface area contributed by atoms with Gasteiger partial charge in [-0.1, -0.05) is 0 Å². The molecule has 5 N–H and O–H groups in total. The molecule has 0 aliphatic carbocycles. The summed E-state index contributed by atoms with van der Waals surface area (Å²) in [5, 5.41) is 3.74. The number of nitrogens with zero attached hydrogens (tertiary/aromatic N) is 3. The predicted molar refractivity (Wildman–Crippen MR) is 54.0 cm³/mol. The Bertz CT molecular complexity index is 336. The van der Waals surface area contributed by atoms with E-state index in [9.17, 15) is 0 Å². The Labute approximate surface area is 80.1 Å². The van der Waals surface area contributed by atoms with Crippen LogP contribution in [0, 0.1) is 0 Å². The van der Waals surface area contributed by atoms with Crippen molar-refractivity contribution in [1.82, 2.24) is 15.4 Å². The van der Waals surface area contributed by atoms with Crippen LogP contribution in [-0.2, 0) is 0 Å². The van der Waals surface area contributed by atoms with Gasteiger partial charge in [-0.3, -0.25) is 5.43 Å². The molecule has 1 aromatic heterocycles. The summed E-state index contributed by atoms with van der Waals surface area (Å²) in [6, 6.07) is 1.58. The van der Waals surface area contributed by atoms with Crippen molar-refractivity contribution < 1.29 is 0 Å². The first-order chi connectivity index (χ1) is 6.18. The van der Waals surface area contributed by atoms with Gasteiger partial charge in [0.15, 0.2) is 10.9 Å². The summed E-state index contributed by atoms with van der Waals surface area (Å²) >= 11 is 4.52. The zero-order chi connectivity index (χ0) is 9.68. The summed E-state index contributed by atoms with van der Waals surface area (Å²) in [7, 11) is 0. The molecule has 13 heavy (non-hydrogen) atoms. The highest BCUT2D eigenvalue weighted by molar-refractivity contribution is 7.80. The Morgan fingerprint density at radius 2 is 2.46 bits per heavy atom. The third-order valence-electron chi connectivity index (χ3n) is 1.05. The first-order valence-electron chi connectivity index (χ1n) is 3.35. The molecule has 1 rings (SSSR count). The van der Waals surface area contributed by atoms with Crippen LogP contribution in [0.1, 0.15) is 5.82 Å². The number of nitrogen functional groups attached to an aromatic ring is 1. The van der Waals surface area contributed by atoms with Crippen molar-refractivity contribution in [1.29, 1.82) is 0 Å². The van der Waals surface area contributed by atoms with Crippen molar-refractivity contribution in [2.24, 2.45) is 10.8 Å². The molecule has 68 valence electrons. The van der Waals surface area contributed by atoms with E-state index in [1.54, 1.807) is 6.07 Å². The lowest BCUT2D eigenvalue weighted by Gasteiger charge is -1.94. The summed E-state index contributed by atoms with van der Waals surface area (Å²) in [4.78, 5) is 7.74. The molecular formula is C6H8N6S. The lowest BCUT2D eigenvalue weighted by Crippen LogP contribution is -2.24. The van der Waals surface area contributed by atoms with Crippen molar-refractivity contribution in [3.63, 3.8) is 0 Å². The van der Waals surface area contributed by atoms with E-state index in [-0.39, 0.29) is 5.11 Å². The van der Waals surface area contributed by atoms with Gasteiger partial charge in [0.2, 0.25) is 0 Å². The molecule has 0 spiro atoms. The average Bonchev–Trinajstić information content (AvgIpc) is 2.03. The molecule has 0 saturated heterocycles. The van der Waals surface area contributed by atoms with Gasteiger partial charge in [0.25, 0.3) is 0 Å². The van der Waals surface area contributed by atoms with E-state index in [1.165, 1.54) is 12.4 Å². The van der Waals surface area contributed by atoms with Gasteiger partial charge >= 0.3 is 0 Å². The largest absolute Gasteiger partial charge is 0.384 e. The van der Waals surface area contributed by atoms with E-state index >= 15 is 0 Å². The molecule has 0 bridgehead atoms. The molecule has 0 amide bonds. The Balaban J connectivity index is 2.63. The first kappa shape index (κ1) is 9.33. The Morgan fingerprint density at radius 3 is 3.08 bits per heavy atom. The third kappa shape index (κ3) is 3.43. The number of hydrogen-bond acceptors (Lipinski definition) is 5. The standard InChI is InChI=1S/C6H8N6S/c7-4-1-2-9-5(11-4)3-10-12-6(8)13/h1-3H,(H2,7,9,11)(H3,8,12,13). The topological polar surface area (TPSA) is 102 Å². The van der Waals surface area contributed by atoms with Crippen LogP contribution in [0.2, 0.25) is 0 Å². The van der Waals surface area contributed by atoms with Gasteiger partial charge in [0, 0.05) is 6.20 Å². The lowest BCUT2D eigenvalue weighted by atomic mass is 10.5. The third-order valence-corrected chi connectivity index (χ3v) is 1.14. The van der Waals surface area contributed by atoms with Crippen LogP contribution in [0.4, 0.5) is 5.82 Å². The van der Waals surface area contributed by atoms with Crippen molar-refractivity contribution in [2.75, 3.05) is 5.73 Å². The predicted octanol–water partition coefficient (Wildman–Crippen LogP) is -0.774. The summed E-state index contributed by atoms with van der Waals surface area (Å²) < 4.78 is 0. The molecule has 1 heterocycles. The Morgan fingerprint density at radius 1 is 1.69 bits per heavy atom. The minimum Gasteiger partial charge on any atom is -0.384 e. The Kier molecular flexibility index (Phi) is 3.09. The van der Waals surface area contributed by atoms with E-state index in [0.29, 0.717) is 11.6 Å². The highest BCUT2D eigenvalue weighted by Gasteiger charge is 1.90. The van der Waals surface area contributed by atoms with Gasteiger partial charge < -0.3 is 11.5 Å². The minimum atomic E-state index is 0.0835. The normalized spacial score (nSPS) is 10.2. The monoisotopic (exact) mass is 196 g/mol. The summed E-state index contributed by atoms with van der Waals surface area (Å²) in [5.41, 5.74) is 12.9. The maximum absolute atomic E-state index is 5.41. The van der Waals surface area contributed by atoms with Crippen LogP contribution in [0.5, 0.6) is 0 Å². The first-order valence-corrected chi connectivity index (χ1v) is 3.76. The molecule has 0 aromatic carbocycles. The molecule has 0 unspecified atom stereocenters. The second-order valence-corrected chi connectivity index (χ2v) is 2.51. The van der Waals surface area contributed by atoms with Gasteiger partial charge in [-0.15, -0.1) is 0 Å². The van der Waals surface area contributed by atoms with E-state index in [2.05, 4.69) is 32.7 Å². The van der Waals surface area contributed by atoms with Crippen molar-refractivity contribution in [3.8, 4) is 0 Å². The van der Waals surface area contributed by atoms with Gasteiger partial charge in [0.05, 0.1) is 6.21 Å². The number of nitrogens with one attached hydrogen (secondary N) is 1. The fourth-order valence-corrected chi connectivity index (χ4v) is 0.657. The van der Waals surface area contributed by atoms with E-state index in [1.807, 2.05) is 0 Å². The minimum absolute atomic E-state index is 0.0835. The highest BCUT2D eigenvalue weighted by Crippen LogP contribution is 1.92. The molecular weight excluding hydrogens is 188 g/mol. The molecule has 0 aliphatic heterocycles. The molecule has 0 saturated carbocycles. The number of nitrogens with two attached hydrogens (primary N) is 2. The fraction of sp³-hybridized carbons (Fsp3) is 0. The van der Waals surface area contributed by atoms with Crippen LogP contribution >= 0.6 is 12.2 Å². The van der Waals surface area contributed by atoms with Crippen molar-refractivity contribution in [2.45, 2.75) is 0 Å². The van der Waals surface area contributed by atoms with Gasteiger partial charge in [0.1, 0.15) is 5.82 Å². The SMILES string of the molecule is NC(=S)NN=Cc1nccc(N)n1. The number of aromatic nitrogens is 2. The van der Waals surface area contributed by atoms with Crippen molar-refractivity contribution in [3.05, 3.63) is 18.1 Å². The maximum atomic E-state index is 5.41. The van der Waals surface area contributed by atoms with Crippen molar-refractivity contribution >= 4 is 29.4 Å². The van der Waals surface area contributed by atoms with E-state index in [4.69, 9.17) is 11.5 Å². The summed E-state index contributed by atoms with van der Waals surface area (Å²) in [6.07, 6.45) is 2.90. The van der Waals surface area contributed by atoms with Gasteiger partial charge in [-0.25, -0.2) is 9.97 Å². The van der Waals surface area contributed by atoms with E-state index < -0.39 is 0 Å². The zero-order valence-corrected chi connectivity index (χ0v) is 7.45. The second kappa shape index (κ2) is 4.31. The molecule has 0 atom stereocenters. The molecule has 7 heteroatoms. The smallest absolute Gasteiger partial charge is 0.184 e. The second-order valence-electron chi connectivity index (χ2n) is 2.07. The van der Waals surface area contributed by atoms with Crippen LogP contribution in [0.3, 0.4) is 0 Å². The molecule has 1 aromatic rings. The van der Waals surface area contributed by atoms with Gasteiger partial charge in [-0.05, 0) is 18.3 Å². The molecule has 0 aliphatic rings.